The van der Waals surface area contributed by atoms with Gasteiger partial charge in [0.05, 0.1) is 0 Å². The van der Waals surface area contributed by atoms with Crippen LogP contribution in [0.25, 0.3) is 0 Å². The van der Waals surface area contributed by atoms with Crippen LogP contribution in [0.2, 0.25) is 0 Å². The van der Waals surface area contributed by atoms with E-state index in [1.807, 2.05) is 13.0 Å². The Labute approximate surface area is 47.9 Å². The van der Waals surface area contributed by atoms with Crippen LogP contribution in [0.3, 0.4) is 0 Å². The summed E-state index contributed by atoms with van der Waals surface area (Å²) in [6.07, 6.45) is 1.49. The Hall–Kier alpha value is -1.04. The first-order valence-electron chi connectivity index (χ1n) is 2.40. The fraction of sp³-hybridized carbons (Fsp3) is 0.600. The van der Waals surface area contributed by atoms with Gasteiger partial charge in [-0.25, -0.2) is 10.1 Å². The van der Waals surface area contributed by atoms with Crippen molar-refractivity contribution in [3.8, 4) is 12.0 Å². The largest absolute Gasteiger partial charge is 0.290 e. The summed E-state index contributed by atoms with van der Waals surface area (Å²) >= 11 is 0. The van der Waals surface area contributed by atoms with Gasteiger partial charge in [-0.2, -0.15) is 0 Å². The molecule has 0 fully saturated rings. The molecule has 3 heteroatoms. The van der Waals surface area contributed by atoms with Gasteiger partial charge in [0.25, 0.3) is 6.04 Å². The van der Waals surface area contributed by atoms with Crippen molar-refractivity contribution in [3.05, 3.63) is 10.1 Å². The van der Waals surface area contributed by atoms with Gasteiger partial charge in [-0.05, 0) is 12.3 Å². The number of rotatable bonds is 1. The maximum Gasteiger partial charge on any atom is 0.290 e. The summed E-state index contributed by atoms with van der Waals surface area (Å²) in [6.45, 7) is 1.93. The third kappa shape index (κ3) is 4.96. The quantitative estimate of drug-likeness (QED) is 0.220. The number of unbranched alkanes of at least 4 members (excludes halogenated alkanes) is 1. The second kappa shape index (κ2) is 4.13. The molecule has 0 saturated heterocycles. The predicted molar refractivity (Wildman–Crippen MR) is 29.7 cm³/mol. The number of hydrogen-bond donors (Lipinski definition) is 0. The minimum absolute atomic E-state index is 0.612. The lowest BCUT2D eigenvalue weighted by Gasteiger charge is -1.71. The second-order valence-electron chi connectivity index (χ2n) is 1.30. The summed E-state index contributed by atoms with van der Waals surface area (Å²) in [7, 11) is 0. The highest BCUT2D eigenvalue weighted by Gasteiger charge is 1.79. The molecule has 0 rings (SSSR count). The van der Waals surface area contributed by atoms with Crippen molar-refractivity contribution in [2.75, 3.05) is 0 Å². The van der Waals surface area contributed by atoms with Crippen LogP contribution in [-0.2, 0) is 0 Å². The summed E-state index contributed by atoms with van der Waals surface area (Å²) in [5.41, 5.74) is 0. The zero-order valence-electron chi connectivity index (χ0n) is 4.68. The number of hydrogen-bond acceptors (Lipinski definition) is 2. The molecule has 0 spiro atoms. The van der Waals surface area contributed by atoms with Gasteiger partial charge in [0, 0.05) is 6.42 Å². The molecule has 0 amide bonds. The molecule has 0 aliphatic heterocycles. The van der Waals surface area contributed by atoms with Gasteiger partial charge in [0.1, 0.15) is 4.92 Å². The maximum absolute atomic E-state index is 9.51. The molecule has 3 nitrogen and oxygen atoms in total. The third-order valence-corrected chi connectivity index (χ3v) is 0.545. The molecule has 0 atom stereocenters. The Balaban J connectivity index is 3.35. The molecule has 44 valence electrons. The van der Waals surface area contributed by atoms with Crippen molar-refractivity contribution in [1.82, 2.24) is 0 Å². The fourth-order valence-corrected chi connectivity index (χ4v) is 0.245. The van der Waals surface area contributed by atoms with E-state index in [-0.39, 0.29) is 0 Å². The highest BCUT2D eigenvalue weighted by atomic mass is 16.6. The smallest absolute Gasteiger partial charge is 0.249 e. The molecule has 0 N–H and O–H groups in total. The van der Waals surface area contributed by atoms with Gasteiger partial charge in [-0.3, -0.25) is 0 Å². The topological polar surface area (TPSA) is 43.1 Å². The van der Waals surface area contributed by atoms with Crippen molar-refractivity contribution in [3.63, 3.8) is 0 Å². The summed E-state index contributed by atoms with van der Waals surface area (Å²) in [6, 6.07) is 1.82. The lowest BCUT2D eigenvalue weighted by molar-refractivity contribution is -0.379. The van der Waals surface area contributed by atoms with Crippen molar-refractivity contribution in [2.24, 2.45) is 0 Å². The summed E-state index contributed by atoms with van der Waals surface area (Å²) in [5, 5.41) is 9.51. The van der Waals surface area contributed by atoms with Crippen LogP contribution in [0.5, 0.6) is 0 Å². The highest BCUT2D eigenvalue weighted by Crippen LogP contribution is 1.79. The van der Waals surface area contributed by atoms with Crippen LogP contribution in [-0.4, -0.2) is 4.92 Å². The monoisotopic (exact) mass is 113 g/mol. The standard InChI is InChI=1S/C5H7NO2/c1-2-3-4-5-6(7)8/h2-3H2,1H3. The first-order chi connectivity index (χ1) is 3.77. The van der Waals surface area contributed by atoms with Gasteiger partial charge >= 0.3 is 0 Å². The molecule has 0 heterocycles. The Morgan fingerprint density at radius 2 is 2.38 bits per heavy atom. The van der Waals surface area contributed by atoms with Crippen molar-refractivity contribution >= 4 is 0 Å². The van der Waals surface area contributed by atoms with E-state index in [0.29, 0.717) is 6.42 Å². The molecule has 0 radical (unpaired) electrons. The fourth-order valence-electron chi connectivity index (χ4n) is 0.245. The maximum atomic E-state index is 9.51. The molecular formula is C5H7NO2. The summed E-state index contributed by atoms with van der Waals surface area (Å²) < 4.78 is 0. The van der Waals surface area contributed by atoms with Crippen LogP contribution in [0.4, 0.5) is 0 Å². The summed E-state index contributed by atoms with van der Waals surface area (Å²) in [5.74, 6) is 2.39. The van der Waals surface area contributed by atoms with Crippen LogP contribution >= 0.6 is 0 Å². The second-order valence-corrected chi connectivity index (χ2v) is 1.30. The van der Waals surface area contributed by atoms with Gasteiger partial charge in [0.15, 0.2) is 0 Å². The van der Waals surface area contributed by atoms with Crippen molar-refractivity contribution in [1.29, 1.82) is 0 Å². The lowest BCUT2D eigenvalue weighted by atomic mass is 10.4. The van der Waals surface area contributed by atoms with Crippen LogP contribution < -0.4 is 0 Å². The molecule has 0 aliphatic rings. The van der Waals surface area contributed by atoms with Gasteiger partial charge in [0.2, 0.25) is 0 Å². The molecule has 0 bridgehead atoms. The Morgan fingerprint density at radius 3 is 2.75 bits per heavy atom. The number of nitro groups is 1. The van der Waals surface area contributed by atoms with Crippen molar-refractivity contribution < 1.29 is 4.92 Å². The average molecular weight is 113 g/mol. The SMILES string of the molecule is CCCC#C[N+](=O)[O-]. The third-order valence-electron chi connectivity index (χ3n) is 0.545. The molecule has 0 unspecified atom stereocenters. The van der Waals surface area contributed by atoms with E-state index in [4.69, 9.17) is 0 Å². The van der Waals surface area contributed by atoms with Crippen LogP contribution in [0, 0.1) is 22.1 Å². The van der Waals surface area contributed by atoms with Gasteiger partial charge in [-0.1, -0.05) is 6.92 Å². The zero-order valence-corrected chi connectivity index (χ0v) is 4.68. The zero-order chi connectivity index (χ0) is 6.41. The minimum Gasteiger partial charge on any atom is -0.249 e. The first kappa shape index (κ1) is 6.96. The van der Waals surface area contributed by atoms with E-state index in [9.17, 15) is 10.1 Å². The van der Waals surface area contributed by atoms with Gasteiger partial charge in [-0.15, -0.1) is 0 Å². The lowest BCUT2D eigenvalue weighted by Crippen LogP contribution is -1.82. The molecule has 0 saturated carbocycles. The Kier molecular flexibility index (Phi) is 3.59. The van der Waals surface area contributed by atoms with Crippen LogP contribution in [0.1, 0.15) is 19.8 Å². The van der Waals surface area contributed by atoms with Crippen LogP contribution in [0.15, 0.2) is 0 Å². The minimum atomic E-state index is -0.629. The normalized spacial score (nSPS) is 7.12. The first-order valence-corrected chi connectivity index (χ1v) is 2.40. The van der Waals surface area contributed by atoms with E-state index in [1.165, 1.54) is 0 Å². The van der Waals surface area contributed by atoms with E-state index < -0.39 is 4.92 Å². The number of nitrogens with zero attached hydrogens (tertiary/aromatic N) is 1. The summed E-state index contributed by atoms with van der Waals surface area (Å²) in [4.78, 5) is 8.88. The molecule has 0 aliphatic carbocycles. The average Bonchev–Trinajstić information content (AvgIpc) is 1.66. The van der Waals surface area contributed by atoms with E-state index in [1.54, 1.807) is 0 Å². The van der Waals surface area contributed by atoms with Crippen molar-refractivity contribution in [2.45, 2.75) is 19.8 Å². The predicted octanol–water partition coefficient (Wildman–Crippen LogP) is 1.02. The van der Waals surface area contributed by atoms with E-state index in [2.05, 4.69) is 5.92 Å². The Morgan fingerprint density at radius 1 is 1.75 bits per heavy atom. The molecule has 0 aromatic carbocycles. The molecular weight excluding hydrogens is 106 g/mol. The molecule has 0 aromatic rings. The molecule has 0 aromatic heterocycles. The van der Waals surface area contributed by atoms with E-state index in [0.717, 1.165) is 6.42 Å². The van der Waals surface area contributed by atoms with Gasteiger partial charge < -0.3 is 0 Å². The highest BCUT2D eigenvalue weighted by molar-refractivity contribution is 4.89. The van der Waals surface area contributed by atoms with E-state index >= 15 is 0 Å². The Bertz CT molecular complexity index is 131. The molecule has 8 heavy (non-hydrogen) atoms.